The van der Waals surface area contributed by atoms with Crippen LogP contribution in [0.15, 0.2) is 24.3 Å². The molecule has 1 aromatic rings. The number of hydrogen-bond acceptors (Lipinski definition) is 3. The summed E-state index contributed by atoms with van der Waals surface area (Å²) in [6.07, 6.45) is -1.55. The maximum absolute atomic E-state index is 12.5. The van der Waals surface area contributed by atoms with Crippen molar-refractivity contribution in [1.29, 1.82) is 0 Å². The Morgan fingerprint density at radius 1 is 1.30 bits per heavy atom. The maximum atomic E-state index is 12.5. The molecule has 0 amide bonds. The minimum Gasteiger partial charge on any atom is -0.406 e. The Balaban J connectivity index is 2.24. The smallest absolute Gasteiger partial charge is 0.406 e. The standard InChI is InChI=1S/C14H16F3NO2/c15-14(16,17)20-11-5-3-4-10(8-11)12(19)13(9-18)6-1-2-7-13/h3-5,8H,1-2,6-7,9,18H2. The summed E-state index contributed by atoms with van der Waals surface area (Å²) in [5, 5.41) is 0. The molecular formula is C14H16F3NO2. The number of ketones is 1. The fraction of sp³-hybridized carbons (Fsp3) is 0.500. The van der Waals surface area contributed by atoms with Gasteiger partial charge in [-0.1, -0.05) is 25.0 Å². The summed E-state index contributed by atoms with van der Waals surface area (Å²) in [6, 6.07) is 5.19. The van der Waals surface area contributed by atoms with E-state index in [1.807, 2.05) is 0 Å². The lowest BCUT2D eigenvalue weighted by Crippen LogP contribution is -2.36. The van der Waals surface area contributed by atoms with Crippen molar-refractivity contribution in [3.8, 4) is 5.75 Å². The normalized spacial score (nSPS) is 18.0. The van der Waals surface area contributed by atoms with Crippen LogP contribution < -0.4 is 10.5 Å². The fourth-order valence-electron chi connectivity index (χ4n) is 2.72. The number of carbonyl (C=O) groups is 1. The molecule has 0 saturated heterocycles. The van der Waals surface area contributed by atoms with Crippen LogP contribution in [0.5, 0.6) is 5.75 Å². The Hall–Kier alpha value is -1.56. The van der Waals surface area contributed by atoms with Crippen molar-refractivity contribution >= 4 is 5.78 Å². The van der Waals surface area contributed by atoms with Gasteiger partial charge in [0.15, 0.2) is 5.78 Å². The molecule has 1 saturated carbocycles. The minimum atomic E-state index is -4.76. The Kier molecular flexibility index (Phi) is 4.04. The van der Waals surface area contributed by atoms with Gasteiger partial charge in [-0.05, 0) is 25.0 Å². The number of hydrogen-bond donors (Lipinski definition) is 1. The Bertz CT molecular complexity index is 493. The third kappa shape index (κ3) is 3.12. The van der Waals surface area contributed by atoms with Gasteiger partial charge in [0.25, 0.3) is 0 Å². The van der Waals surface area contributed by atoms with E-state index in [-0.39, 0.29) is 23.6 Å². The van der Waals surface area contributed by atoms with Crippen LogP contribution in [0.25, 0.3) is 0 Å². The molecule has 2 rings (SSSR count). The zero-order valence-corrected chi connectivity index (χ0v) is 10.9. The van der Waals surface area contributed by atoms with Gasteiger partial charge >= 0.3 is 6.36 Å². The average molecular weight is 287 g/mol. The first-order chi connectivity index (χ1) is 9.36. The van der Waals surface area contributed by atoms with E-state index in [0.717, 1.165) is 18.9 Å². The molecule has 2 N–H and O–H groups in total. The molecule has 0 atom stereocenters. The van der Waals surface area contributed by atoms with Crippen LogP contribution in [0.4, 0.5) is 13.2 Å². The maximum Gasteiger partial charge on any atom is 0.573 e. The molecule has 20 heavy (non-hydrogen) atoms. The summed E-state index contributed by atoms with van der Waals surface area (Å²) in [5.41, 5.74) is 5.31. The largest absolute Gasteiger partial charge is 0.573 e. The van der Waals surface area contributed by atoms with Gasteiger partial charge in [0, 0.05) is 17.5 Å². The second kappa shape index (κ2) is 5.44. The topological polar surface area (TPSA) is 52.3 Å². The van der Waals surface area contributed by atoms with E-state index in [4.69, 9.17) is 5.73 Å². The molecule has 1 aliphatic rings. The summed E-state index contributed by atoms with van der Waals surface area (Å²) in [4.78, 5) is 12.5. The van der Waals surface area contributed by atoms with Gasteiger partial charge in [-0.25, -0.2) is 0 Å². The first kappa shape index (κ1) is 14.8. The number of nitrogens with two attached hydrogens (primary N) is 1. The monoisotopic (exact) mass is 287 g/mol. The Labute approximate surface area is 114 Å². The number of ether oxygens (including phenoxy) is 1. The molecule has 1 aromatic carbocycles. The van der Waals surface area contributed by atoms with E-state index < -0.39 is 11.8 Å². The molecular weight excluding hydrogens is 271 g/mol. The second-order valence-corrected chi connectivity index (χ2v) is 5.10. The molecule has 1 aliphatic carbocycles. The van der Waals surface area contributed by atoms with Crippen LogP contribution in [0.2, 0.25) is 0 Å². The van der Waals surface area contributed by atoms with E-state index in [0.29, 0.717) is 12.8 Å². The van der Waals surface area contributed by atoms with Gasteiger partial charge in [-0.2, -0.15) is 0 Å². The van der Waals surface area contributed by atoms with Crippen molar-refractivity contribution in [2.45, 2.75) is 32.0 Å². The average Bonchev–Trinajstić information content (AvgIpc) is 2.86. The predicted octanol–water partition coefficient (Wildman–Crippen LogP) is 3.29. The number of alkyl halides is 3. The first-order valence-corrected chi connectivity index (χ1v) is 6.47. The quantitative estimate of drug-likeness (QED) is 0.865. The van der Waals surface area contributed by atoms with Gasteiger partial charge in [0.1, 0.15) is 5.75 Å². The molecule has 0 aromatic heterocycles. The first-order valence-electron chi connectivity index (χ1n) is 6.47. The van der Waals surface area contributed by atoms with E-state index in [9.17, 15) is 18.0 Å². The Morgan fingerprint density at radius 3 is 2.50 bits per heavy atom. The zero-order valence-electron chi connectivity index (χ0n) is 10.9. The lowest BCUT2D eigenvalue weighted by molar-refractivity contribution is -0.274. The van der Waals surface area contributed by atoms with Crippen molar-refractivity contribution in [2.75, 3.05) is 6.54 Å². The molecule has 0 heterocycles. The summed E-state index contributed by atoms with van der Waals surface area (Å²) < 4.78 is 40.4. The highest BCUT2D eigenvalue weighted by Gasteiger charge is 2.40. The van der Waals surface area contributed by atoms with Gasteiger partial charge < -0.3 is 10.5 Å². The third-order valence-corrected chi connectivity index (χ3v) is 3.76. The summed E-state index contributed by atoms with van der Waals surface area (Å²) in [7, 11) is 0. The highest BCUT2D eigenvalue weighted by atomic mass is 19.4. The SMILES string of the molecule is NCC1(C(=O)c2cccc(OC(F)(F)F)c2)CCCC1. The molecule has 0 unspecified atom stereocenters. The van der Waals surface area contributed by atoms with Gasteiger partial charge in [0.2, 0.25) is 0 Å². The van der Waals surface area contributed by atoms with Crippen molar-refractivity contribution in [2.24, 2.45) is 11.1 Å². The molecule has 0 radical (unpaired) electrons. The van der Waals surface area contributed by atoms with Crippen LogP contribution in [0, 0.1) is 5.41 Å². The number of carbonyl (C=O) groups excluding carboxylic acids is 1. The molecule has 0 bridgehead atoms. The molecule has 3 nitrogen and oxygen atoms in total. The molecule has 0 spiro atoms. The number of halogens is 3. The number of rotatable bonds is 4. The van der Waals surface area contributed by atoms with E-state index >= 15 is 0 Å². The fourth-order valence-corrected chi connectivity index (χ4v) is 2.72. The molecule has 110 valence electrons. The van der Waals surface area contributed by atoms with Crippen LogP contribution in [0.3, 0.4) is 0 Å². The van der Waals surface area contributed by atoms with Crippen LogP contribution >= 0.6 is 0 Å². The predicted molar refractivity (Wildman–Crippen MR) is 67.4 cm³/mol. The lowest BCUT2D eigenvalue weighted by Gasteiger charge is -2.25. The highest BCUT2D eigenvalue weighted by molar-refractivity contribution is 6.01. The van der Waals surface area contributed by atoms with Crippen molar-refractivity contribution in [3.05, 3.63) is 29.8 Å². The summed E-state index contributed by atoms with van der Waals surface area (Å²) in [6.45, 7) is 0.218. The van der Waals surface area contributed by atoms with Crippen molar-refractivity contribution in [1.82, 2.24) is 0 Å². The van der Waals surface area contributed by atoms with Crippen LogP contribution in [-0.2, 0) is 0 Å². The van der Waals surface area contributed by atoms with Crippen LogP contribution in [-0.4, -0.2) is 18.7 Å². The van der Waals surface area contributed by atoms with Gasteiger partial charge in [0.05, 0.1) is 0 Å². The summed E-state index contributed by atoms with van der Waals surface area (Å²) in [5.74, 6) is -0.571. The number of benzene rings is 1. The van der Waals surface area contributed by atoms with Gasteiger partial charge in [-0.3, -0.25) is 4.79 Å². The summed E-state index contributed by atoms with van der Waals surface area (Å²) >= 11 is 0. The molecule has 6 heteroatoms. The van der Waals surface area contributed by atoms with E-state index in [1.54, 1.807) is 0 Å². The van der Waals surface area contributed by atoms with E-state index in [1.165, 1.54) is 18.2 Å². The van der Waals surface area contributed by atoms with Crippen molar-refractivity contribution in [3.63, 3.8) is 0 Å². The Morgan fingerprint density at radius 2 is 1.95 bits per heavy atom. The minimum absolute atomic E-state index is 0.190. The number of Topliss-reactive ketones (excluding diaryl/α,β-unsaturated/α-hetero) is 1. The lowest BCUT2D eigenvalue weighted by atomic mass is 9.79. The second-order valence-electron chi connectivity index (χ2n) is 5.10. The molecule has 0 aliphatic heterocycles. The van der Waals surface area contributed by atoms with Crippen molar-refractivity contribution < 1.29 is 22.7 Å². The molecule has 1 fully saturated rings. The van der Waals surface area contributed by atoms with Gasteiger partial charge in [-0.15, -0.1) is 13.2 Å². The zero-order chi connectivity index (χ0) is 14.8. The van der Waals surface area contributed by atoms with Crippen LogP contribution in [0.1, 0.15) is 36.0 Å². The highest BCUT2D eigenvalue weighted by Crippen LogP contribution is 2.40. The van der Waals surface area contributed by atoms with E-state index in [2.05, 4.69) is 4.74 Å². The third-order valence-electron chi connectivity index (χ3n) is 3.76.